The maximum atomic E-state index is 14.5. The molecule has 3 rings (SSSR count). The van der Waals surface area contributed by atoms with Crippen molar-refractivity contribution in [3.05, 3.63) is 65.1 Å². The van der Waals surface area contributed by atoms with Gasteiger partial charge in [-0.2, -0.15) is 5.10 Å². The molecule has 1 unspecified atom stereocenters. The van der Waals surface area contributed by atoms with Gasteiger partial charge in [-0.05, 0) is 37.1 Å². The van der Waals surface area contributed by atoms with Crippen molar-refractivity contribution in [3.8, 4) is 17.3 Å². The van der Waals surface area contributed by atoms with E-state index in [4.69, 9.17) is 26.8 Å². The molecular weight excluding hydrogens is 418 g/mol. The molecule has 0 aliphatic heterocycles. The van der Waals surface area contributed by atoms with Gasteiger partial charge in [0.25, 0.3) is 5.88 Å². The largest absolute Gasteiger partial charge is 0.466 e. The Morgan fingerprint density at radius 3 is 2.77 bits per heavy atom. The highest BCUT2D eigenvalue weighted by Gasteiger charge is 2.14. The zero-order chi connectivity index (χ0) is 21.7. The van der Waals surface area contributed by atoms with Crippen molar-refractivity contribution in [2.75, 3.05) is 6.61 Å². The van der Waals surface area contributed by atoms with Crippen LogP contribution in [-0.4, -0.2) is 33.4 Å². The lowest BCUT2D eigenvalue weighted by Gasteiger charge is -2.09. The number of nitrogens with two attached hydrogens (primary N) is 1. The maximum absolute atomic E-state index is 14.5. The molecule has 0 aliphatic carbocycles. The number of aromatic nitrogens is 3. The third-order valence-corrected chi connectivity index (χ3v) is 4.24. The number of esters is 1. The number of ether oxygens (including phenoxy) is 2. The fourth-order valence-corrected chi connectivity index (χ4v) is 2.86. The highest BCUT2D eigenvalue weighted by Crippen LogP contribution is 2.27. The normalized spacial score (nSPS) is 11.9. The van der Waals surface area contributed by atoms with E-state index in [1.165, 1.54) is 23.0 Å². The van der Waals surface area contributed by atoms with Crippen LogP contribution in [0.25, 0.3) is 5.69 Å². The van der Waals surface area contributed by atoms with Crippen LogP contribution in [0, 0.1) is 11.6 Å². The lowest BCUT2D eigenvalue weighted by atomic mass is 10.1. The topological polar surface area (TPSA) is 92.3 Å². The number of halogens is 3. The molecule has 2 aromatic heterocycles. The minimum absolute atomic E-state index is 0.0922. The third kappa shape index (κ3) is 5.52. The van der Waals surface area contributed by atoms with Crippen LogP contribution in [0.2, 0.25) is 5.02 Å². The Labute approximate surface area is 176 Å². The number of rotatable bonds is 8. The molecule has 2 heterocycles. The van der Waals surface area contributed by atoms with Crippen LogP contribution in [0.1, 0.15) is 18.9 Å². The summed E-state index contributed by atoms with van der Waals surface area (Å²) in [5.74, 6) is -2.47. The van der Waals surface area contributed by atoms with Gasteiger partial charge in [-0.15, -0.1) is 0 Å². The first kappa shape index (κ1) is 21.7. The van der Waals surface area contributed by atoms with E-state index in [1.54, 1.807) is 25.4 Å². The summed E-state index contributed by atoms with van der Waals surface area (Å²) in [5.41, 5.74) is 7.17. The molecular formula is C20H19ClF2N4O3. The first-order chi connectivity index (χ1) is 14.4. The number of benzene rings is 1. The first-order valence-electron chi connectivity index (χ1n) is 9.09. The van der Waals surface area contributed by atoms with E-state index in [-0.39, 0.29) is 29.0 Å². The molecule has 30 heavy (non-hydrogen) atoms. The summed E-state index contributed by atoms with van der Waals surface area (Å²) in [6.07, 6.45) is 4.96. The smallest absolute Gasteiger partial charge is 0.307 e. The molecule has 0 bridgehead atoms. The minimum atomic E-state index is -0.804. The van der Waals surface area contributed by atoms with Gasteiger partial charge in [-0.1, -0.05) is 11.6 Å². The Hall–Kier alpha value is -3.04. The molecule has 0 amide bonds. The number of nitrogens with zero attached hydrogens (tertiary/aromatic N) is 3. The summed E-state index contributed by atoms with van der Waals surface area (Å²) in [7, 11) is 0. The molecule has 10 heteroatoms. The highest BCUT2D eigenvalue weighted by molar-refractivity contribution is 6.30. The van der Waals surface area contributed by atoms with Crippen LogP contribution in [0.15, 0.2) is 42.9 Å². The average molecular weight is 437 g/mol. The summed E-state index contributed by atoms with van der Waals surface area (Å²) < 4.78 is 39.8. The average Bonchev–Trinajstić information content (AvgIpc) is 3.13. The van der Waals surface area contributed by atoms with Gasteiger partial charge in [0.2, 0.25) is 0 Å². The molecule has 0 saturated heterocycles. The fourth-order valence-electron chi connectivity index (χ4n) is 2.71. The number of hydrogen-bond acceptors (Lipinski definition) is 6. The second-order valence-electron chi connectivity index (χ2n) is 6.42. The minimum Gasteiger partial charge on any atom is -0.466 e. The number of carbonyl (C=O) groups excluding carboxylic acids is 1. The predicted octanol–water partition coefficient (Wildman–Crippen LogP) is 3.81. The molecule has 7 nitrogen and oxygen atoms in total. The standard InChI is InChI=1S/C20H19ClF2N4O3/c1-2-29-19(28)7-14(24)5-12-9-26-27(11-12)15-3-4-18(16(22)8-15)30-20-17(23)6-13(21)10-25-20/h3-4,6,8-11,14H,2,5,7,24H2,1H3. The van der Waals surface area contributed by atoms with Gasteiger partial charge >= 0.3 is 5.97 Å². The van der Waals surface area contributed by atoms with Gasteiger partial charge in [0, 0.05) is 24.5 Å². The molecule has 158 valence electrons. The van der Waals surface area contributed by atoms with Crippen molar-refractivity contribution in [2.45, 2.75) is 25.8 Å². The molecule has 2 N–H and O–H groups in total. The van der Waals surface area contributed by atoms with Crippen molar-refractivity contribution in [1.29, 1.82) is 0 Å². The Bertz CT molecular complexity index is 1040. The monoisotopic (exact) mass is 436 g/mol. The number of hydrogen-bond donors (Lipinski definition) is 1. The molecule has 0 spiro atoms. The third-order valence-electron chi connectivity index (χ3n) is 4.03. The van der Waals surface area contributed by atoms with Gasteiger partial charge in [0.15, 0.2) is 17.4 Å². The predicted molar refractivity (Wildman–Crippen MR) is 106 cm³/mol. The lowest BCUT2D eigenvalue weighted by molar-refractivity contribution is -0.143. The lowest BCUT2D eigenvalue weighted by Crippen LogP contribution is -2.27. The second-order valence-corrected chi connectivity index (χ2v) is 6.86. The second kappa shape index (κ2) is 9.64. The maximum Gasteiger partial charge on any atom is 0.307 e. The number of pyridine rings is 1. The van der Waals surface area contributed by atoms with Crippen molar-refractivity contribution >= 4 is 17.6 Å². The van der Waals surface area contributed by atoms with Crippen molar-refractivity contribution < 1.29 is 23.0 Å². The van der Waals surface area contributed by atoms with Gasteiger partial charge in [0.1, 0.15) is 0 Å². The molecule has 0 aliphatic rings. The van der Waals surface area contributed by atoms with Crippen LogP contribution in [-0.2, 0) is 16.0 Å². The van der Waals surface area contributed by atoms with Gasteiger partial charge in [0.05, 0.1) is 29.9 Å². The first-order valence-corrected chi connectivity index (χ1v) is 9.47. The summed E-state index contributed by atoms with van der Waals surface area (Å²) in [4.78, 5) is 15.2. The summed E-state index contributed by atoms with van der Waals surface area (Å²) in [6, 6.07) is 4.69. The van der Waals surface area contributed by atoms with E-state index in [1.807, 2.05) is 0 Å². The van der Waals surface area contributed by atoms with Crippen molar-refractivity contribution in [3.63, 3.8) is 0 Å². The van der Waals surface area contributed by atoms with E-state index in [0.717, 1.165) is 11.6 Å². The van der Waals surface area contributed by atoms with Crippen molar-refractivity contribution in [1.82, 2.24) is 14.8 Å². The fraction of sp³-hybridized carbons (Fsp3) is 0.250. The molecule has 1 atom stereocenters. The molecule has 3 aromatic rings. The Balaban J connectivity index is 1.68. The van der Waals surface area contributed by atoms with E-state index in [2.05, 4.69) is 10.1 Å². The van der Waals surface area contributed by atoms with Gasteiger partial charge in [-0.25, -0.2) is 18.4 Å². The van der Waals surface area contributed by atoms with E-state index in [0.29, 0.717) is 18.7 Å². The quantitative estimate of drug-likeness (QED) is 0.540. The Morgan fingerprint density at radius 2 is 2.07 bits per heavy atom. The van der Waals surface area contributed by atoms with Crippen molar-refractivity contribution in [2.24, 2.45) is 5.73 Å². The molecule has 0 saturated carbocycles. The Kier molecular flexibility index (Phi) is 6.96. The van der Waals surface area contributed by atoms with Crippen LogP contribution in [0.3, 0.4) is 0 Å². The summed E-state index contributed by atoms with van der Waals surface area (Å²) in [6.45, 7) is 2.03. The molecule has 0 radical (unpaired) electrons. The van der Waals surface area contributed by atoms with Crippen LogP contribution >= 0.6 is 11.6 Å². The van der Waals surface area contributed by atoms with Crippen LogP contribution < -0.4 is 10.5 Å². The Morgan fingerprint density at radius 1 is 1.27 bits per heavy atom. The molecule has 0 fully saturated rings. The van der Waals surface area contributed by atoms with E-state index >= 15 is 0 Å². The van der Waals surface area contributed by atoms with Gasteiger partial charge < -0.3 is 15.2 Å². The number of carbonyl (C=O) groups is 1. The summed E-state index contributed by atoms with van der Waals surface area (Å²) in [5, 5.41) is 4.29. The van der Waals surface area contributed by atoms with Crippen LogP contribution in [0.5, 0.6) is 11.6 Å². The van der Waals surface area contributed by atoms with Crippen LogP contribution in [0.4, 0.5) is 8.78 Å². The van der Waals surface area contributed by atoms with E-state index in [9.17, 15) is 13.6 Å². The zero-order valence-corrected chi connectivity index (χ0v) is 16.8. The summed E-state index contributed by atoms with van der Waals surface area (Å²) >= 11 is 5.64. The van der Waals surface area contributed by atoms with E-state index < -0.39 is 17.7 Å². The highest BCUT2D eigenvalue weighted by atomic mass is 35.5. The SMILES string of the molecule is CCOC(=O)CC(N)Cc1cnn(-c2ccc(Oc3ncc(Cl)cc3F)c(F)c2)c1. The zero-order valence-electron chi connectivity index (χ0n) is 16.0. The van der Waals surface area contributed by atoms with Gasteiger partial charge in [-0.3, -0.25) is 4.79 Å². The molecule has 1 aromatic carbocycles.